The zero-order valence-electron chi connectivity index (χ0n) is 53.2. The van der Waals surface area contributed by atoms with E-state index in [0.717, 1.165) is 128 Å². The van der Waals surface area contributed by atoms with Gasteiger partial charge in [-0.3, -0.25) is 9.59 Å². The van der Waals surface area contributed by atoms with Crippen LogP contribution in [0.4, 0.5) is 0 Å². The highest BCUT2D eigenvalue weighted by Gasteiger charge is 2.16. The smallest absolute Gasteiger partial charge is 0.306 e. The van der Waals surface area contributed by atoms with Crippen LogP contribution in [0.1, 0.15) is 296 Å². The molecule has 0 aliphatic rings. The summed E-state index contributed by atoms with van der Waals surface area (Å²) >= 11 is 0. The Balaban J connectivity index is 3.51. The summed E-state index contributed by atoms with van der Waals surface area (Å²) < 4.78 is 10.7. The fourth-order valence-electron chi connectivity index (χ4n) is 9.31. The molecule has 464 valence electrons. The summed E-state index contributed by atoms with van der Waals surface area (Å²) in [4.78, 5) is 24.7. The van der Waals surface area contributed by atoms with Gasteiger partial charge in [0.2, 0.25) is 0 Å². The first kappa shape index (κ1) is 77.5. The minimum Gasteiger partial charge on any atom is -0.462 e. The van der Waals surface area contributed by atoms with Gasteiger partial charge in [0.1, 0.15) is 6.61 Å². The molecule has 1 unspecified atom stereocenters. The van der Waals surface area contributed by atoms with Crippen LogP contribution in [-0.2, 0) is 19.1 Å². The third-order valence-electron chi connectivity index (χ3n) is 14.3. The van der Waals surface area contributed by atoms with Crippen LogP contribution in [-0.4, -0.2) is 36.4 Å². The molecule has 1 atom stereocenters. The average Bonchev–Trinajstić information content (AvgIpc) is 3.49. The van der Waals surface area contributed by atoms with Crippen molar-refractivity contribution < 1.29 is 24.2 Å². The lowest BCUT2D eigenvalue weighted by atomic mass is 10.0. The molecule has 82 heavy (non-hydrogen) atoms. The molecule has 5 nitrogen and oxygen atoms in total. The molecule has 0 saturated carbocycles. The zero-order valence-corrected chi connectivity index (χ0v) is 53.2. The summed E-state index contributed by atoms with van der Waals surface area (Å²) in [5.74, 6) is -0.597. The minimum atomic E-state index is -0.786. The van der Waals surface area contributed by atoms with Crippen LogP contribution in [0.5, 0.6) is 0 Å². The van der Waals surface area contributed by atoms with Gasteiger partial charge in [0.05, 0.1) is 6.61 Å². The standard InChI is InChI=1S/C77H126O5/c1-3-5-7-9-11-13-15-17-19-21-23-25-27-29-31-33-35-36-37-38-39-40-42-43-45-47-49-51-53-55-57-59-61-63-65-67-69-71-76(79)81-74-75(73-78)82-77(80)72-70-68-66-64-62-60-58-56-54-52-50-48-46-44-41-34-32-30-28-26-24-22-20-18-16-14-12-10-8-6-4-2/h5-8,11-14,17-20,23-26,29-32,35-36,41,44,48,50,75,78H,3-4,9-10,15-16,21-22,27-28,33-34,37-40,42-43,45-47,49,51-74H2,1-2H3/b7-5-,8-6-,13-11-,14-12-,19-17-,20-18-,25-23-,26-24-,31-29-,32-30-,36-35-,44-41-,50-48-. The maximum absolute atomic E-state index is 12.4. The number of carbonyl (C=O) groups is 2. The monoisotopic (exact) mass is 1130 g/mol. The number of aliphatic hydroxyl groups is 1. The summed E-state index contributed by atoms with van der Waals surface area (Å²) in [5, 5.41) is 9.70. The summed E-state index contributed by atoms with van der Waals surface area (Å²) in [6, 6.07) is 0. The van der Waals surface area contributed by atoms with Crippen molar-refractivity contribution in [3.8, 4) is 0 Å². The maximum Gasteiger partial charge on any atom is 0.306 e. The van der Waals surface area contributed by atoms with E-state index >= 15 is 0 Å². The average molecular weight is 1130 g/mol. The molecule has 0 fully saturated rings. The molecule has 0 amide bonds. The Morgan fingerprint density at radius 1 is 0.280 bits per heavy atom. The van der Waals surface area contributed by atoms with Gasteiger partial charge >= 0.3 is 11.9 Å². The van der Waals surface area contributed by atoms with E-state index in [9.17, 15) is 14.7 Å². The first-order valence-corrected chi connectivity index (χ1v) is 34.0. The molecule has 0 aliphatic carbocycles. The van der Waals surface area contributed by atoms with E-state index in [0.29, 0.717) is 12.8 Å². The van der Waals surface area contributed by atoms with Crippen LogP contribution in [0.15, 0.2) is 158 Å². The Bertz CT molecular complexity index is 1760. The lowest BCUT2D eigenvalue weighted by Crippen LogP contribution is -2.28. The third kappa shape index (κ3) is 68.0. The summed E-state index contributed by atoms with van der Waals surface area (Å²) in [5.41, 5.74) is 0. The summed E-state index contributed by atoms with van der Waals surface area (Å²) in [7, 11) is 0. The Labute approximate surface area is 507 Å². The normalized spacial score (nSPS) is 13.3. The fraction of sp³-hybridized carbons (Fsp3) is 0.636. The van der Waals surface area contributed by atoms with Gasteiger partial charge in [0.25, 0.3) is 0 Å². The lowest BCUT2D eigenvalue weighted by Gasteiger charge is -2.15. The van der Waals surface area contributed by atoms with Gasteiger partial charge in [-0.25, -0.2) is 0 Å². The van der Waals surface area contributed by atoms with Gasteiger partial charge < -0.3 is 14.6 Å². The molecule has 0 aromatic heterocycles. The molecule has 0 aromatic carbocycles. The highest BCUT2D eigenvalue weighted by Crippen LogP contribution is 2.17. The molecule has 0 saturated heterocycles. The fourth-order valence-corrected chi connectivity index (χ4v) is 9.31. The SMILES string of the molecule is CC/C=C\C/C=C\C/C=C\C/C=C\C/C=C\C/C=C\C/C=C\CCCCCCCCCCCC(=O)OC(CO)COC(=O)CCCCCCCCCCCCCCCCCCCC/C=C\C/C=C\C/C=C\C/C=C\C/C=C\C/C=C\CC. The number of hydrogen-bond acceptors (Lipinski definition) is 5. The molecule has 0 rings (SSSR count). The summed E-state index contributed by atoms with van der Waals surface area (Å²) in [6.45, 7) is 3.92. The second-order valence-corrected chi connectivity index (χ2v) is 22.1. The van der Waals surface area contributed by atoms with Crippen LogP contribution >= 0.6 is 0 Å². The first-order valence-electron chi connectivity index (χ1n) is 34.0. The second kappa shape index (κ2) is 70.8. The highest BCUT2D eigenvalue weighted by atomic mass is 16.6. The van der Waals surface area contributed by atoms with Crippen LogP contribution in [0.25, 0.3) is 0 Å². The summed E-state index contributed by atoms with van der Waals surface area (Å²) in [6.07, 6.45) is 108. The van der Waals surface area contributed by atoms with E-state index in [1.165, 1.54) is 141 Å². The molecular formula is C77H126O5. The van der Waals surface area contributed by atoms with E-state index in [4.69, 9.17) is 9.47 Å². The van der Waals surface area contributed by atoms with Gasteiger partial charge in [-0.1, -0.05) is 320 Å². The highest BCUT2D eigenvalue weighted by molar-refractivity contribution is 5.70. The number of hydrogen-bond donors (Lipinski definition) is 1. The second-order valence-electron chi connectivity index (χ2n) is 22.1. The number of unbranched alkanes of at least 4 members (excludes halogenated alkanes) is 27. The number of carbonyl (C=O) groups excluding carboxylic acids is 2. The lowest BCUT2D eigenvalue weighted by molar-refractivity contribution is -0.161. The van der Waals surface area contributed by atoms with Gasteiger partial charge in [0, 0.05) is 12.8 Å². The number of allylic oxidation sites excluding steroid dienone is 26. The molecule has 0 bridgehead atoms. The van der Waals surface area contributed by atoms with Gasteiger partial charge in [0.15, 0.2) is 6.10 Å². The molecule has 0 aromatic rings. The predicted octanol–water partition coefficient (Wildman–Crippen LogP) is 23.9. The quantitative estimate of drug-likeness (QED) is 0.0373. The largest absolute Gasteiger partial charge is 0.462 e. The molecular weight excluding hydrogens is 1000 g/mol. The van der Waals surface area contributed by atoms with Crippen molar-refractivity contribution in [1.29, 1.82) is 0 Å². The Hall–Kier alpha value is -4.48. The van der Waals surface area contributed by atoms with Crippen LogP contribution in [0, 0.1) is 0 Å². The Kier molecular flexibility index (Phi) is 66.9. The van der Waals surface area contributed by atoms with E-state index < -0.39 is 6.10 Å². The van der Waals surface area contributed by atoms with Crippen molar-refractivity contribution in [1.82, 2.24) is 0 Å². The maximum atomic E-state index is 12.4. The molecule has 5 heteroatoms. The number of aliphatic hydroxyl groups excluding tert-OH is 1. The van der Waals surface area contributed by atoms with Crippen molar-refractivity contribution >= 4 is 11.9 Å². The minimum absolute atomic E-state index is 0.0744. The van der Waals surface area contributed by atoms with Crippen molar-refractivity contribution in [3.63, 3.8) is 0 Å². The van der Waals surface area contributed by atoms with Gasteiger partial charge in [-0.05, 0) is 122 Å². The van der Waals surface area contributed by atoms with Crippen molar-refractivity contribution in [2.45, 2.75) is 302 Å². The van der Waals surface area contributed by atoms with Crippen LogP contribution in [0.2, 0.25) is 0 Å². The van der Waals surface area contributed by atoms with Crippen molar-refractivity contribution in [3.05, 3.63) is 158 Å². The van der Waals surface area contributed by atoms with E-state index in [-0.39, 0.29) is 25.2 Å². The van der Waals surface area contributed by atoms with E-state index in [1.807, 2.05) is 0 Å². The molecule has 1 N–H and O–H groups in total. The van der Waals surface area contributed by atoms with Gasteiger partial charge in [-0.15, -0.1) is 0 Å². The molecule has 0 heterocycles. The molecule has 0 spiro atoms. The Morgan fingerprint density at radius 2 is 0.488 bits per heavy atom. The predicted molar refractivity (Wildman–Crippen MR) is 361 cm³/mol. The van der Waals surface area contributed by atoms with Crippen molar-refractivity contribution in [2.24, 2.45) is 0 Å². The van der Waals surface area contributed by atoms with E-state index in [1.54, 1.807) is 0 Å². The van der Waals surface area contributed by atoms with Crippen LogP contribution in [0.3, 0.4) is 0 Å². The van der Waals surface area contributed by atoms with Gasteiger partial charge in [-0.2, -0.15) is 0 Å². The van der Waals surface area contributed by atoms with E-state index in [2.05, 4.69) is 172 Å². The molecule has 0 aliphatic heterocycles. The topological polar surface area (TPSA) is 72.8 Å². The molecule has 0 radical (unpaired) electrons. The third-order valence-corrected chi connectivity index (χ3v) is 14.3. The zero-order chi connectivity index (χ0) is 59.1. The number of rotatable bonds is 61. The number of esters is 2. The van der Waals surface area contributed by atoms with Crippen molar-refractivity contribution in [2.75, 3.05) is 13.2 Å². The first-order chi connectivity index (χ1) is 40.6. The number of ether oxygens (including phenoxy) is 2. The Morgan fingerprint density at radius 3 is 0.732 bits per heavy atom. The van der Waals surface area contributed by atoms with Crippen LogP contribution < -0.4 is 0 Å².